The van der Waals surface area contributed by atoms with Crippen LogP contribution >= 0.6 is 32.4 Å². The van der Waals surface area contributed by atoms with E-state index >= 15 is 0 Å². The first-order chi connectivity index (χ1) is 18.9. The summed E-state index contributed by atoms with van der Waals surface area (Å²) >= 11 is 0.735. The fraction of sp³-hybridized carbons (Fsp3) is 0.320. The predicted octanol–water partition coefficient (Wildman–Crippen LogP) is 4.41. The average Bonchev–Trinajstić information content (AvgIpc) is 3.52. The second-order valence-corrected chi connectivity index (χ2v) is 11.5. The minimum absolute atomic E-state index is 0.0210. The van der Waals surface area contributed by atoms with E-state index in [0.717, 1.165) is 60.8 Å². The van der Waals surface area contributed by atoms with Gasteiger partial charge in [-0.25, -0.2) is 17.3 Å². The average molecular weight is 668 g/mol. The van der Waals surface area contributed by atoms with Gasteiger partial charge in [-0.05, 0) is 31.2 Å². The molecule has 5 rings (SSSR count). The molecule has 1 saturated heterocycles. The molecule has 2 aliphatic rings. The van der Waals surface area contributed by atoms with Crippen molar-refractivity contribution < 1.29 is 23.5 Å². The fourth-order valence-corrected chi connectivity index (χ4v) is 7.13. The number of halogens is 2. The van der Waals surface area contributed by atoms with E-state index in [2.05, 4.69) is 23.7 Å². The number of nitrogens with one attached hydrogen (secondary N) is 2. The van der Waals surface area contributed by atoms with Gasteiger partial charge in [0.15, 0.2) is 17.3 Å². The third-order valence-electron chi connectivity index (χ3n) is 6.12. The van der Waals surface area contributed by atoms with Gasteiger partial charge in [0.05, 0.1) is 34.9 Å². The number of primary amides is 1. The number of hydrogen-bond acceptors (Lipinski definition) is 8. The summed E-state index contributed by atoms with van der Waals surface area (Å²) in [6, 6.07) is 5.23. The van der Waals surface area contributed by atoms with Gasteiger partial charge in [0.1, 0.15) is 11.5 Å². The Kier molecular flexibility index (Phi) is 8.64. The lowest BCUT2D eigenvalue weighted by Gasteiger charge is -2.26. The highest BCUT2D eigenvalue weighted by atomic mass is 127. The molecule has 0 saturated carbocycles. The molecule has 2 aliphatic heterocycles. The van der Waals surface area contributed by atoms with Crippen LogP contribution in [0.15, 0.2) is 37.7 Å². The summed E-state index contributed by atoms with van der Waals surface area (Å²) in [5.41, 5.74) is 6.55. The van der Waals surface area contributed by atoms with Gasteiger partial charge in [-0.1, -0.05) is 0 Å². The summed E-state index contributed by atoms with van der Waals surface area (Å²) in [5.74, 6) is 0.363. The number of morpholine rings is 1. The first-order valence-electron chi connectivity index (χ1n) is 12.2. The summed E-state index contributed by atoms with van der Waals surface area (Å²) < 4.78 is 34.2. The van der Waals surface area contributed by atoms with Gasteiger partial charge in [0.25, 0.3) is 5.91 Å². The molecule has 4 heterocycles. The minimum Gasteiger partial charge on any atom is -0.452 e. The highest BCUT2D eigenvalue weighted by molar-refractivity contribution is 14.2. The Morgan fingerprint density at radius 3 is 2.87 bits per heavy atom. The molecule has 0 radical (unpaired) electrons. The lowest BCUT2D eigenvalue weighted by atomic mass is 10.3. The molecule has 11 nitrogen and oxygen atoms in total. The zero-order chi connectivity index (χ0) is 27.4. The number of imidazole rings is 1. The van der Waals surface area contributed by atoms with Crippen LogP contribution < -0.4 is 21.1 Å². The first-order valence-corrected chi connectivity index (χ1v) is 15.2. The van der Waals surface area contributed by atoms with Gasteiger partial charge >= 0.3 is 6.03 Å². The molecule has 1 aromatic carbocycles. The molecule has 0 unspecified atom stereocenters. The van der Waals surface area contributed by atoms with Crippen molar-refractivity contribution in [1.82, 2.24) is 19.8 Å². The van der Waals surface area contributed by atoms with Crippen molar-refractivity contribution in [2.75, 3.05) is 44.7 Å². The molecule has 0 atom stereocenters. The van der Waals surface area contributed by atoms with Crippen molar-refractivity contribution in [3.05, 3.63) is 50.9 Å². The minimum atomic E-state index is -0.779. The Hall–Kier alpha value is -3.21. The Bertz CT molecular complexity index is 1450. The SMILES string of the molecule is Cn1c(C(=O)NCCCN2CCOCC2)cnc1-c1cc2c(s1)C(Oc1ccc(NC(N)=O)cc1F)=CI=N2. The number of ether oxygens (including phenoxy) is 2. The van der Waals surface area contributed by atoms with E-state index in [9.17, 15) is 14.0 Å². The van der Waals surface area contributed by atoms with E-state index in [0.29, 0.717) is 23.8 Å². The Morgan fingerprint density at radius 2 is 2.10 bits per heavy atom. The highest BCUT2D eigenvalue weighted by Gasteiger charge is 2.23. The van der Waals surface area contributed by atoms with Gasteiger partial charge in [-0.2, -0.15) is 0 Å². The highest BCUT2D eigenvalue weighted by Crippen LogP contribution is 2.45. The van der Waals surface area contributed by atoms with Gasteiger partial charge in [-0.3, -0.25) is 9.69 Å². The van der Waals surface area contributed by atoms with Crippen LogP contribution in [0.4, 0.5) is 20.6 Å². The number of rotatable bonds is 9. The molecule has 3 aromatic rings. The molecular weight excluding hydrogens is 640 g/mol. The van der Waals surface area contributed by atoms with Crippen LogP contribution in [0.25, 0.3) is 16.5 Å². The summed E-state index contributed by atoms with van der Waals surface area (Å²) in [6.07, 6.45) is 2.43. The second kappa shape index (κ2) is 12.3. The van der Waals surface area contributed by atoms with Crippen LogP contribution in [0.2, 0.25) is 0 Å². The smallest absolute Gasteiger partial charge is 0.316 e. The number of anilines is 1. The van der Waals surface area contributed by atoms with Gasteiger partial charge in [0, 0.05) is 63.6 Å². The molecule has 0 aliphatic carbocycles. The maximum absolute atomic E-state index is 14.6. The van der Waals surface area contributed by atoms with Gasteiger partial charge in [0.2, 0.25) is 0 Å². The number of amides is 3. The van der Waals surface area contributed by atoms with Crippen molar-refractivity contribution in [3.8, 4) is 16.5 Å². The largest absolute Gasteiger partial charge is 0.452 e. The number of urea groups is 1. The first kappa shape index (κ1) is 27.4. The quantitative estimate of drug-likeness (QED) is 0.229. The van der Waals surface area contributed by atoms with Crippen molar-refractivity contribution >= 4 is 61.4 Å². The molecule has 2 aromatic heterocycles. The van der Waals surface area contributed by atoms with Gasteiger partial charge in [-0.15, -0.1) is 11.3 Å². The summed E-state index contributed by atoms with van der Waals surface area (Å²) in [5, 5.41) is 5.32. The van der Waals surface area contributed by atoms with Crippen molar-refractivity contribution in [3.63, 3.8) is 0 Å². The molecule has 0 spiro atoms. The van der Waals surface area contributed by atoms with E-state index in [4.69, 9.17) is 15.2 Å². The van der Waals surface area contributed by atoms with E-state index in [1.807, 2.05) is 10.1 Å². The van der Waals surface area contributed by atoms with Crippen molar-refractivity contribution in [2.24, 2.45) is 15.9 Å². The number of benzene rings is 1. The maximum atomic E-state index is 14.6. The maximum Gasteiger partial charge on any atom is 0.316 e. The summed E-state index contributed by atoms with van der Waals surface area (Å²) in [6.45, 7) is 4.87. The van der Waals surface area contributed by atoms with E-state index < -0.39 is 32.9 Å². The molecule has 206 valence electrons. The topological polar surface area (TPSA) is 136 Å². The zero-order valence-corrected chi connectivity index (χ0v) is 24.1. The number of nitrogens with zero attached hydrogens (tertiary/aromatic N) is 4. The molecule has 1 fully saturated rings. The Labute approximate surface area is 238 Å². The Morgan fingerprint density at radius 1 is 1.28 bits per heavy atom. The third kappa shape index (κ3) is 6.51. The normalized spacial score (nSPS) is 15.2. The van der Waals surface area contributed by atoms with Crippen LogP contribution in [0.3, 0.4) is 0 Å². The molecular formula is C25H27FIN7O4S. The fourth-order valence-electron chi connectivity index (χ4n) is 4.16. The number of carbonyl (C=O) groups is 2. The standard InChI is InChI=1S/C25H27FIN7O4S/c1-33-18(24(35)29-5-2-6-34-7-9-37-10-8-34)14-30-23(33)21-12-17-22(39-21)20(13-27-32-17)38-19-4-3-15(11-16(19)26)31-25(28)36/h3-4,11-14H,2,5-10H2,1H3,(H,29,35)(H3,28,31,36). The van der Waals surface area contributed by atoms with Crippen LogP contribution in [0, 0.1) is 5.82 Å². The van der Waals surface area contributed by atoms with Crippen LogP contribution in [-0.2, 0) is 11.8 Å². The number of carbonyl (C=O) groups excluding carboxylic acids is 2. The van der Waals surface area contributed by atoms with E-state index in [1.165, 1.54) is 23.5 Å². The Balaban J connectivity index is 1.25. The number of aromatic nitrogens is 2. The molecule has 3 amide bonds. The molecule has 14 heteroatoms. The van der Waals surface area contributed by atoms with Crippen LogP contribution in [0.1, 0.15) is 21.8 Å². The van der Waals surface area contributed by atoms with Crippen LogP contribution in [-0.4, -0.2) is 65.8 Å². The van der Waals surface area contributed by atoms with Gasteiger partial charge < -0.3 is 30.4 Å². The van der Waals surface area contributed by atoms with E-state index in [1.54, 1.807) is 17.8 Å². The number of hydrogen-bond donors (Lipinski definition) is 3. The number of thiophene rings is 1. The van der Waals surface area contributed by atoms with Crippen molar-refractivity contribution in [2.45, 2.75) is 6.42 Å². The summed E-state index contributed by atoms with van der Waals surface area (Å²) in [4.78, 5) is 32.2. The second-order valence-electron chi connectivity index (χ2n) is 8.81. The lowest BCUT2D eigenvalue weighted by Crippen LogP contribution is -2.38. The zero-order valence-electron chi connectivity index (χ0n) is 21.1. The van der Waals surface area contributed by atoms with E-state index in [-0.39, 0.29) is 17.3 Å². The molecule has 4 N–H and O–H groups in total. The molecule has 0 bridgehead atoms. The third-order valence-corrected chi connectivity index (χ3v) is 8.90. The number of nitrogens with two attached hydrogens (primary N) is 1. The van der Waals surface area contributed by atoms with Crippen molar-refractivity contribution in [1.29, 1.82) is 0 Å². The summed E-state index contributed by atoms with van der Waals surface area (Å²) in [7, 11) is 1.80. The number of fused-ring (bicyclic) bond motifs is 1. The van der Waals surface area contributed by atoms with Crippen LogP contribution in [0.5, 0.6) is 5.75 Å². The lowest BCUT2D eigenvalue weighted by molar-refractivity contribution is 0.0374. The predicted molar refractivity (Wildman–Crippen MR) is 155 cm³/mol. The monoisotopic (exact) mass is 667 g/mol. The molecule has 39 heavy (non-hydrogen) atoms.